The highest BCUT2D eigenvalue weighted by Gasteiger charge is 2.31. The molecule has 9 heteroatoms. The van der Waals surface area contributed by atoms with Gasteiger partial charge in [0.05, 0.1) is 17.7 Å². The first-order valence-electron chi connectivity index (χ1n) is 10.5. The Morgan fingerprint density at radius 3 is 2.68 bits per heavy atom. The van der Waals surface area contributed by atoms with Crippen molar-refractivity contribution in [2.24, 2.45) is 7.05 Å². The molecule has 0 bridgehead atoms. The fourth-order valence-electron chi connectivity index (χ4n) is 4.09. The molecule has 0 aliphatic carbocycles. The number of nitrogens with zero attached hydrogens (tertiary/aromatic N) is 7. The highest BCUT2D eigenvalue weighted by atomic mass is 16.5. The molecule has 1 unspecified atom stereocenters. The number of hydrogen-bond donors (Lipinski definition) is 0. The van der Waals surface area contributed by atoms with Crippen LogP contribution in [0.25, 0.3) is 11.0 Å². The van der Waals surface area contributed by atoms with Crippen molar-refractivity contribution in [2.75, 3.05) is 18.0 Å². The lowest BCUT2D eigenvalue weighted by atomic mass is 10.1. The zero-order valence-corrected chi connectivity index (χ0v) is 18.5. The first-order chi connectivity index (χ1) is 14.8. The summed E-state index contributed by atoms with van der Waals surface area (Å²) in [5.41, 5.74) is 2.41. The molecule has 0 spiro atoms. The van der Waals surface area contributed by atoms with E-state index in [1.54, 1.807) is 29.8 Å². The van der Waals surface area contributed by atoms with E-state index in [2.05, 4.69) is 44.8 Å². The molecule has 1 saturated heterocycles. The van der Waals surface area contributed by atoms with Crippen LogP contribution in [0.3, 0.4) is 0 Å². The van der Waals surface area contributed by atoms with Gasteiger partial charge in [0, 0.05) is 44.2 Å². The predicted octanol–water partition coefficient (Wildman–Crippen LogP) is 2.41. The molecule has 0 radical (unpaired) electrons. The van der Waals surface area contributed by atoms with E-state index in [1.165, 1.54) is 0 Å². The van der Waals surface area contributed by atoms with Crippen molar-refractivity contribution >= 4 is 16.7 Å². The molecular weight excluding hydrogens is 394 g/mol. The minimum atomic E-state index is -0.0932. The van der Waals surface area contributed by atoms with Crippen LogP contribution in [0.5, 0.6) is 0 Å². The van der Waals surface area contributed by atoms with Gasteiger partial charge in [-0.15, -0.1) is 0 Å². The maximum atomic E-state index is 12.6. The van der Waals surface area contributed by atoms with Crippen LogP contribution >= 0.6 is 0 Å². The van der Waals surface area contributed by atoms with E-state index in [4.69, 9.17) is 4.52 Å². The maximum absolute atomic E-state index is 12.6. The van der Waals surface area contributed by atoms with Crippen LogP contribution in [-0.4, -0.2) is 49.8 Å². The standard InChI is InChI=1S/C22H27N7O2/c1-13(2)22-25-19(26-31-22)12-28-10-15(4)29(11-14(28)3)18-8-20(30)27(5)17-7-6-16(9-23)24-21(17)18/h6-8,13-15H,10-12H2,1-5H3/t14?,15-/m0/s1. The van der Waals surface area contributed by atoms with Crippen molar-refractivity contribution < 1.29 is 4.52 Å². The highest BCUT2D eigenvalue weighted by Crippen LogP contribution is 2.29. The fraction of sp³-hybridized carbons (Fsp3) is 0.500. The molecule has 4 rings (SSSR count). The molecule has 0 amide bonds. The van der Waals surface area contributed by atoms with Crippen LogP contribution in [0.4, 0.5) is 5.69 Å². The van der Waals surface area contributed by atoms with E-state index in [0.717, 1.165) is 24.3 Å². The Hall–Kier alpha value is -3.25. The lowest BCUT2D eigenvalue weighted by Crippen LogP contribution is -2.56. The molecule has 4 heterocycles. The van der Waals surface area contributed by atoms with Gasteiger partial charge in [-0.3, -0.25) is 9.69 Å². The predicted molar refractivity (Wildman–Crippen MR) is 117 cm³/mol. The molecule has 1 fully saturated rings. The van der Waals surface area contributed by atoms with E-state index in [9.17, 15) is 10.1 Å². The van der Waals surface area contributed by atoms with Crippen LogP contribution in [0.1, 0.15) is 51.0 Å². The van der Waals surface area contributed by atoms with E-state index in [-0.39, 0.29) is 23.6 Å². The zero-order valence-electron chi connectivity index (χ0n) is 18.5. The number of pyridine rings is 2. The summed E-state index contributed by atoms with van der Waals surface area (Å²) in [6, 6.07) is 7.50. The normalized spacial score (nSPS) is 19.8. The minimum absolute atomic E-state index is 0.0932. The van der Waals surface area contributed by atoms with Gasteiger partial charge in [0.15, 0.2) is 5.82 Å². The van der Waals surface area contributed by atoms with Crippen LogP contribution < -0.4 is 10.5 Å². The number of anilines is 1. The smallest absolute Gasteiger partial charge is 0.252 e. The Morgan fingerprint density at radius 1 is 1.23 bits per heavy atom. The summed E-state index contributed by atoms with van der Waals surface area (Å²) >= 11 is 0. The molecule has 0 saturated carbocycles. The summed E-state index contributed by atoms with van der Waals surface area (Å²) in [7, 11) is 1.72. The number of rotatable bonds is 4. The Bertz CT molecular complexity index is 1210. The van der Waals surface area contributed by atoms with Crippen LogP contribution in [0.2, 0.25) is 0 Å². The average molecular weight is 422 g/mol. The number of piperazine rings is 1. The Balaban J connectivity index is 1.63. The lowest BCUT2D eigenvalue weighted by molar-refractivity contribution is 0.152. The molecule has 3 aromatic rings. The van der Waals surface area contributed by atoms with Crippen molar-refractivity contribution in [1.82, 2.24) is 24.6 Å². The van der Waals surface area contributed by atoms with Gasteiger partial charge in [-0.1, -0.05) is 19.0 Å². The number of aromatic nitrogens is 4. The Kier molecular flexibility index (Phi) is 5.50. The monoisotopic (exact) mass is 421 g/mol. The van der Waals surface area contributed by atoms with E-state index in [1.807, 2.05) is 13.8 Å². The molecule has 2 atom stereocenters. The summed E-state index contributed by atoms with van der Waals surface area (Å²) in [6.45, 7) is 10.5. The summed E-state index contributed by atoms with van der Waals surface area (Å²) in [5.74, 6) is 1.55. The van der Waals surface area contributed by atoms with Gasteiger partial charge in [-0.05, 0) is 26.0 Å². The number of fused-ring (bicyclic) bond motifs is 1. The molecule has 3 aromatic heterocycles. The van der Waals surface area contributed by atoms with E-state index >= 15 is 0 Å². The van der Waals surface area contributed by atoms with Gasteiger partial charge in [-0.2, -0.15) is 10.2 Å². The summed E-state index contributed by atoms with van der Waals surface area (Å²) in [6.07, 6.45) is 0. The van der Waals surface area contributed by atoms with Gasteiger partial charge >= 0.3 is 0 Å². The summed E-state index contributed by atoms with van der Waals surface area (Å²) in [4.78, 5) is 26.2. The maximum Gasteiger partial charge on any atom is 0.252 e. The second-order valence-electron chi connectivity index (χ2n) is 8.59. The zero-order chi connectivity index (χ0) is 22.3. The van der Waals surface area contributed by atoms with Crippen LogP contribution in [0.15, 0.2) is 27.5 Å². The Labute approximate surface area is 180 Å². The van der Waals surface area contributed by atoms with Crippen molar-refractivity contribution in [3.63, 3.8) is 0 Å². The van der Waals surface area contributed by atoms with Crippen molar-refractivity contribution in [1.29, 1.82) is 5.26 Å². The van der Waals surface area contributed by atoms with Crippen molar-refractivity contribution in [2.45, 2.75) is 52.2 Å². The first-order valence-corrected chi connectivity index (χ1v) is 10.5. The fourth-order valence-corrected chi connectivity index (χ4v) is 4.09. The second-order valence-corrected chi connectivity index (χ2v) is 8.59. The van der Waals surface area contributed by atoms with Crippen molar-refractivity contribution in [3.05, 3.63) is 46.0 Å². The largest absolute Gasteiger partial charge is 0.364 e. The van der Waals surface area contributed by atoms with Crippen LogP contribution in [-0.2, 0) is 13.6 Å². The average Bonchev–Trinajstić information content (AvgIpc) is 3.22. The van der Waals surface area contributed by atoms with Crippen LogP contribution in [0, 0.1) is 11.3 Å². The van der Waals surface area contributed by atoms with E-state index < -0.39 is 0 Å². The quantitative estimate of drug-likeness (QED) is 0.633. The number of nitriles is 1. The molecule has 1 aliphatic rings. The van der Waals surface area contributed by atoms with Crippen molar-refractivity contribution in [3.8, 4) is 6.07 Å². The molecule has 31 heavy (non-hydrogen) atoms. The van der Waals surface area contributed by atoms with E-state index in [0.29, 0.717) is 29.5 Å². The lowest BCUT2D eigenvalue weighted by Gasteiger charge is -2.45. The SMILES string of the molecule is CC(C)c1nc(CN2C[C@H](C)N(c3cc(=O)n(C)c4ccc(C#N)nc34)CC2C)no1. The van der Waals surface area contributed by atoms with Gasteiger partial charge in [-0.25, -0.2) is 4.98 Å². The molecule has 9 nitrogen and oxygen atoms in total. The highest BCUT2D eigenvalue weighted by molar-refractivity contribution is 5.89. The number of aryl methyl sites for hydroxylation is 1. The summed E-state index contributed by atoms with van der Waals surface area (Å²) in [5, 5.41) is 13.4. The van der Waals surface area contributed by atoms with Gasteiger partial charge < -0.3 is 14.0 Å². The molecular formula is C22H27N7O2. The van der Waals surface area contributed by atoms with Gasteiger partial charge in [0.25, 0.3) is 5.56 Å². The molecule has 0 aromatic carbocycles. The second kappa shape index (κ2) is 8.12. The third-order valence-corrected chi connectivity index (χ3v) is 5.93. The minimum Gasteiger partial charge on any atom is -0.364 e. The third-order valence-electron chi connectivity index (χ3n) is 5.93. The number of hydrogen-bond acceptors (Lipinski definition) is 8. The van der Waals surface area contributed by atoms with Gasteiger partial charge in [0.2, 0.25) is 5.89 Å². The third kappa shape index (κ3) is 3.91. The topological polar surface area (TPSA) is 104 Å². The summed E-state index contributed by atoms with van der Waals surface area (Å²) < 4.78 is 6.91. The molecule has 162 valence electrons. The molecule has 1 aliphatic heterocycles. The van der Waals surface area contributed by atoms with Gasteiger partial charge in [0.1, 0.15) is 17.3 Å². The first kappa shape index (κ1) is 21.0. The molecule has 0 N–H and O–H groups in total. The Morgan fingerprint density at radius 2 is 2.00 bits per heavy atom.